The number of benzene rings is 1. The van der Waals surface area contributed by atoms with E-state index in [1.54, 1.807) is 7.11 Å². The molecule has 0 aliphatic carbocycles. The third kappa shape index (κ3) is 5.77. The highest BCUT2D eigenvalue weighted by atomic mass is 32.1. The van der Waals surface area contributed by atoms with E-state index < -0.39 is 0 Å². The van der Waals surface area contributed by atoms with Crippen LogP contribution in [0.15, 0.2) is 12.1 Å². The lowest BCUT2D eigenvalue weighted by atomic mass is 10.1. The van der Waals surface area contributed by atoms with Crippen molar-refractivity contribution in [2.75, 3.05) is 25.6 Å². The maximum Gasteiger partial charge on any atom is 0.216 e. The number of ether oxygens (including phenoxy) is 2. The van der Waals surface area contributed by atoms with Crippen LogP contribution in [0.3, 0.4) is 0 Å². The predicted octanol–water partition coefficient (Wildman–Crippen LogP) is 1.82. The van der Waals surface area contributed by atoms with Crippen LogP contribution in [0, 0.1) is 0 Å². The van der Waals surface area contributed by atoms with E-state index in [4.69, 9.17) is 27.4 Å². The average molecular weight is 325 g/mol. The van der Waals surface area contributed by atoms with Crippen LogP contribution in [-0.4, -0.2) is 31.3 Å². The van der Waals surface area contributed by atoms with Crippen molar-refractivity contribution >= 4 is 28.9 Å². The monoisotopic (exact) mass is 325 g/mol. The molecule has 0 aliphatic rings. The number of nitrogens with one attached hydrogen (secondary N) is 2. The van der Waals surface area contributed by atoms with Gasteiger partial charge in [0.15, 0.2) is 16.6 Å². The first kappa shape index (κ1) is 18.0. The van der Waals surface area contributed by atoms with Crippen molar-refractivity contribution in [1.82, 2.24) is 5.32 Å². The minimum absolute atomic E-state index is 0.0929. The summed E-state index contributed by atoms with van der Waals surface area (Å²) in [6.45, 7) is 4.32. The van der Waals surface area contributed by atoms with E-state index in [2.05, 4.69) is 17.6 Å². The Balaban J connectivity index is 2.93. The summed E-state index contributed by atoms with van der Waals surface area (Å²) >= 11 is 4.91. The van der Waals surface area contributed by atoms with Gasteiger partial charge in [0, 0.05) is 18.7 Å². The Morgan fingerprint density at radius 2 is 2.09 bits per heavy atom. The van der Waals surface area contributed by atoms with Gasteiger partial charge < -0.3 is 25.8 Å². The van der Waals surface area contributed by atoms with Crippen LogP contribution in [0.25, 0.3) is 0 Å². The topological polar surface area (TPSA) is 85.6 Å². The van der Waals surface area contributed by atoms with Crippen molar-refractivity contribution in [2.24, 2.45) is 5.73 Å². The lowest BCUT2D eigenvalue weighted by Gasteiger charge is -2.17. The van der Waals surface area contributed by atoms with Gasteiger partial charge in [-0.25, -0.2) is 0 Å². The normalized spacial score (nSPS) is 9.95. The average Bonchev–Trinajstić information content (AvgIpc) is 2.45. The minimum Gasteiger partial charge on any atom is -0.493 e. The molecule has 6 nitrogen and oxygen atoms in total. The van der Waals surface area contributed by atoms with Crippen molar-refractivity contribution < 1.29 is 14.3 Å². The fraction of sp³-hybridized carbons (Fsp3) is 0.467. The van der Waals surface area contributed by atoms with Crippen LogP contribution in [0.5, 0.6) is 11.5 Å². The second-order valence-corrected chi connectivity index (χ2v) is 5.17. The summed E-state index contributed by atoms with van der Waals surface area (Å²) in [7, 11) is 1.59. The number of aryl methyl sites for hydroxylation is 1. The maximum absolute atomic E-state index is 10.8. The molecule has 0 saturated carbocycles. The van der Waals surface area contributed by atoms with Crippen molar-refractivity contribution in [1.29, 1.82) is 0 Å². The van der Waals surface area contributed by atoms with E-state index >= 15 is 0 Å². The summed E-state index contributed by atoms with van der Waals surface area (Å²) in [6, 6.07) is 3.73. The van der Waals surface area contributed by atoms with E-state index in [-0.39, 0.29) is 11.0 Å². The molecule has 0 aliphatic heterocycles. The quantitative estimate of drug-likeness (QED) is 0.499. The smallest absolute Gasteiger partial charge is 0.216 e. The van der Waals surface area contributed by atoms with Crippen molar-refractivity contribution in [3.8, 4) is 11.5 Å². The van der Waals surface area contributed by atoms with Crippen LogP contribution in [0.1, 0.15) is 25.8 Å². The lowest BCUT2D eigenvalue weighted by molar-refractivity contribution is -0.119. The number of amides is 1. The highest BCUT2D eigenvalue weighted by molar-refractivity contribution is 7.80. The van der Waals surface area contributed by atoms with Crippen LogP contribution in [0.4, 0.5) is 5.69 Å². The van der Waals surface area contributed by atoms with Gasteiger partial charge in [-0.15, -0.1) is 0 Å². The van der Waals surface area contributed by atoms with Crippen LogP contribution in [-0.2, 0) is 11.2 Å². The second-order valence-electron chi connectivity index (χ2n) is 4.73. The molecular formula is C15H23N3O3S. The molecule has 0 aromatic heterocycles. The maximum atomic E-state index is 10.8. The number of hydrogen-bond donors (Lipinski definition) is 3. The Labute approximate surface area is 136 Å². The Morgan fingerprint density at radius 3 is 2.64 bits per heavy atom. The molecule has 0 atom stereocenters. The predicted molar refractivity (Wildman–Crippen MR) is 91.6 cm³/mol. The first-order valence-electron chi connectivity index (χ1n) is 7.12. The van der Waals surface area contributed by atoms with E-state index in [1.165, 1.54) is 6.92 Å². The molecule has 0 spiro atoms. The number of carbonyl (C=O) groups excluding carboxylic acids is 1. The third-order valence-corrected chi connectivity index (χ3v) is 3.00. The number of carbonyl (C=O) groups is 1. The van der Waals surface area contributed by atoms with Crippen molar-refractivity contribution in [3.63, 3.8) is 0 Å². The molecule has 0 unspecified atom stereocenters. The van der Waals surface area contributed by atoms with Crippen molar-refractivity contribution in [3.05, 3.63) is 17.7 Å². The zero-order valence-electron chi connectivity index (χ0n) is 13.2. The Kier molecular flexibility index (Phi) is 7.45. The molecule has 1 aromatic rings. The molecule has 22 heavy (non-hydrogen) atoms. The summed E-state index contributed by atoms with van der Waals surface area (Å²) in [5, 5.41) is 5.83. The number of nitrogens with two attached hydrogens (primary N) is 1. The zero-order valence-corrected chi connectivity index (χ0v) is 14.0. The second kappa shape index (κ2) is 9.09. The summed E-state index contributed by atoms with van der Waals surface area (Å²) in [4.78, 5) is 10.8. The molecule has 1 aromatic carbocycles. The van der Waals surface area contributed by atoms with Crippen molar-refractivity contribution in [2.45, 2.75) is 26.7 Å². The van der Waals surface area contributed by atoms with Gasteiger partial charge in [-0.1, -0.05) is 13.3 Å². The van der Waals surface area contributed by atoms with E-state index in [0.717, 1.165) is 24.1 Å². The van der Waals surface area contributed by atoms with E-state index in [1.807, 2.05) is 12.1 Å². The summed E-state index contributed by atoms with van der Waals surface area (Å²) < 4.78 is 11.0. The molecular weight excluding hydrogens is 302 g/mol. The van der Waals surface area contributed by atoms with Gasteiger partial charge in [-0.3, -0.25) is 4.79 Å². The van der Waals surface area contributed by atoms with E-state index in [9.17, 15) is 4.79 Å². The van der Waals surface area contributed by atoms with Gasteiger partial charge in [0.2, 0.25) is 5.91 Å². The Morgan fingerprint density at radius 1 is 1.36 bits per heavy atom. The number of thiocarbonyl (C=S) groups is 1. The number of anilines is 1. The molecule has 7 heteroatoms. The number of methoxy groups -OCH3 is 1. The lowest BCUT2D eigenvalue weighted by Crippen LogP contribution is -2.25. The van der Waals surface area contributed by atoms with Crippen LogP contribution < -0.4 is 25.8 Å². The summed E-state index contributed by atoms with van der Waals surface area (Å²) in [5.74, 6) is 1.12. The molecule has 0 saturated heterocycles. The highest BCUT2D eigenvalue weighted by Gasteiger charge is 2.12. The first-order valence-corrected chi connectivity index (χ1v) is 7.53. The van der Waals surface area contributed by atoms with Gasteiger partial charge in [-0.05, 0) is 30.3 Å². The first-order chi connectivity index (χ1) is 10.5. The fourth-order valence-electron chi connectivity index (χ4n) is 1.99. The third-order valence-electron chi connectivity index (χ3n) is 2.90. The number of hydrogen-bond acceptors (Lipinski definition) is 4. The van der Waals surface area contributed by atoms with Gasteiger partial charge >= 0.3 is 0 Å². The zero-order chi connectivity index (χ0) is 16.5. The van der Waals surface area contributed by atoms with Crippen LogP contribution in [0.2, 0.25) is 0 Å². The van der Waals surface area contributed by atoms with Gasteiger partial charge in [0.1, 0.15) is 6.61 Å². The van der Waals surface area contributed by atoms with Crippen LogP contribution >= 0.6 is 12.2 Å². The molecule has 122 valence electrons. The minimum atomic E-state index is -0.0929. The molecule has 1 amide bonds. The van der Waals surface area contributed by atoms with E-state index in [0.29, 0.717) is 24.7 Å². The fourth-order valence-corrected chi connectivity index (χ4v) is 2.10. The Hall–Kier alpha value is -2.02. The van der Waals surface area contributed by atoms with Gasteiger partial charge in [0.05, 0.1) is 13.7 Å². The largest absolute Gasteiger partial charge is 0.493 e. The standard InChI is InChI=1S/C15H23N3O3S/c1-4-5-11-8-13(20-3)14(9-12(11)18-15(16)22)21-7-6-17-10(2)19/h8-9H,4-7H2,1-3H3,(H,17,19)(H3,16,18,22). The highest BCUT2D eigenvalue weighted by Crippen LogP contribution is 2.34. The molecule has 4 N–H and O–H groups in total. The van der Waals surface area contributed by atoms with Gasteiger partial charge in [0.25, 0.3) is 0 Å². The van der Waals surface area contributed by atoms with Gasteiger partial charge in [-0.2, -0.15) is 0 Å². The molecule has 1 rings (SSSR count). The molecule has 0 radical (unpaired) electrons. The summed E-state index contributed by atoms with van der Waals surface area (Å²) in [5.41, 5.74) is 7.43. The summed E-state index contributed by atoms with van der Waals surface area (Å²) in [6.07, 6.45) is 1.85. The molecule has 0 bridgehead atoms. The Bertz CT molecular complexity index is 535. The molecule has 0 heterocycles. The SMILES string of the molecule is CCCc1cc(OC)c(OCCNC(C)=O)cc1NC(N)=S. The number of rotatable bonds is 8. The molecule has 0 fully saturated rings.